The SMILES string of the molecule is CCNC(c1ccc(Cl)o1)c1cscc1Br. The standard InChI is InChI=1S/C11H11BrClNOS/c1-2-14-11(7-5-16-6-8(7)12)9-3-4-10(13)15-9/h3-6,11,14H,2H2,1H3. The van der Waals surface area contributed by atoms with Crippen molar-refractivity contribution in [2.24, 2.45) is 0 Å². The fourth-order valence-corrected chi connectivity index (χ4v) is 3.25. The van der Waals surface area contributed by atoms with Crippen molar-refractivity contribution >= 4 is 38.9 Å². The summed E-state index contributed by atoms with van der Waals surface area (Å²) in [5.74, 6) is 0.839. The molecule has 0 amide bonds. The summed E-state index contributed by atoms with van der Waals surface area (Å²) >= 11 is 11.0. The van der Waals surface area contributed by atoms with Crippen LogP contribution in [0.4, 0.5) is 0 Å². The summed E-state index contributed by atoms with van der Waals surface area (Å²) in [7, 11) is 0. The summed E-state index contributed by atoms with van der Waals surface area (Å²) in [4.78, 5) is 0. The molecule has 0 spiro atoms. The highest BCUT2D eigenvalue weighted by Crippen LogP contribution is 2.33. The van der Waals surface area contributed by atoms with E-state index in [1.54, 1.807) is 17.4 Å². The van der Waals surface area contributed by atoms with E-state index in [2.05, 4.69) is 38.9 Å². The average molecular weight is 321 g/mol. The van der Waals surface area contributed by atoms with Crippen molar-refractivity contribution in [2.75, 3.05) is 6.54 Å². The second-order valence-electron chi connectivity index (χ2n) is 3.31. The lowest BCUT2D eigenvalue weighted by atomic mass is 10.1. The van der Waals surface area contributed by atoms with Crippen molar-refractivity contribution in [3.63, 3.8) is 0 Å². The summed E-state index contributed by atoms with van der Waals surface area (Å²) in [5, 5.41) is 7.97. The van der Waals surface area contributed by atoms with Crippen LogP contribution in [0.1, 0.15) is 24.3 Å². The van der Waals surface area contributed by atoms with Gasteiger partial charge >= 0.3 is 0 Å². The largest absolute Gasteiger partial charge is 0.448 e. The van der Waals surface area contributed by atoms with Gasteiger partial charge in [0.05, 0.1) is 6.04 Å². The molecule has 2 aromatic rings. The number of nitrogens with one attached hydrogen (secondary N) is 1. The normalized spacial score (nSPS) is 12.9. The maximum absolute atomic E-state index is 5.80. The van der Waals surface area contributed by atoms with Crippen molar-refractivity contribution in [1.29, 1.82) is 0 Å². The lowest BCUT2D eigenvalue weighted by molar-refractivity contribution is 0.453. The van der Waals surface area contributed by atoms with Crippen molar-refractivity contribution in [2.45, 2.75) is 13.0 Å². The third-order valence-electron chi connectivity index (χ3n) is 2.24. The minimum Gasteiger partial charge on any atom is -0.448 e. The van der Waals surface area contributed by atoms with Gasteiger partial charge in [0.25, 0.3) is 0 Å². The Hall–Kier alpha value is -0.290. The van der Waals surface area contributed by atoms with Gasteiger partial charge in [0.2, 0.25) is 0 Å². The van der Waals surface area contributed by atoms with Crippen molar-refractivity contribution in [1.82, 2.24) is 5.32 Å². The Morgan fingerprint density at radius 2 is 2.31 bits per heavy atom. The van der Waals surface area contributed by atoms with Crippen LogP contribution in [0.3, 0.4) is 0 Å². The number of rotatable bonds is 4. The van der Waals surface area contributed by atoms with E-state index in [-0.39, 0.29) is 6.04 Å². The van der Waals surface area contributed by atoms with Gasteiger partial charge in [-0.05, 0) is 51.6 Å². The van der Waals surface area contributed by atoms with Crippen LogP contribution in [-0.4, -0.2) is 6.54 Å². The molecule has 0 radical (unpaired) electrons. The third-order valence-corrected chi connectivity index (χ3v) is 4.19. The van der Waals surface area contributed by atoms with E-state index in [1.165, 1.54) is 5.56 Å². The van der Waals surface area contributed by atoms with E-state index in [9.17, 15) is 0 Å². The molecule has 1 N–H and O–H groups in total. The van der Waals surface area contributed by atoms with Gasteiger partial charge in [-0.25, -0.2) is 0 Å². The van der Waals surface area contributed by atoms with E-state index < -0.39 is 0 Å². The molecule has 0 aliphatic carbocycles. The van der Waals surface area contributed by atoms with E-state index in [1.807, 2.05) is 6.07 Å². The highest BCUT2D eigenvalue weighted by Gasteiger charge is 2.19. The first kappa shape index (κ1) is 12.2. The number of hydrogen-bond donors (Lipinski definition) is 1. The van der Waals surface area contributed by atoms with Gasteiger partial charge in [-0.3, -0.25) is 0 Å². The monoisotopic (exact) mass is 319 g/mol. The maximum Gasteiger partial charge on any atom is 0.193 e. The van der Waals surface area contributed by atoms with Crippen LogP contribution in [-0.2, 0) is 0 Å². The van der Waals surface area contributed by atoms with Crippen LogP contribution in [0.2, 0.25) is 5.22 Å². The Labute approximate surface area is 112 Å². The lowest BCUT2D eigenvalue weighted by Gasteiger charge is -2.14. The van der Waals surface area contributed by atoms with Crippen LogP contribution >= 0.6 is 38.9 Å². The second kappa shape index (κ2) is 5.36. The Balaban J connectivity index is 2.34. The number of hydrogen-bond acceptors (Lipinski definition) is 3. The second-order valence-corrected chi connectivity index (χ2v) is 5.28. The van der Waals surface area contributed by atoms with Gasteiger partial charge < -0.3 is 9.73 Å². The first-order chi connectivity index (χ1) is 7.72. The van der Waals surface area contributed by atoms with E-state index in [4.69, 9.17) is 16.0 Å². The molecule has 2 heterocycles. The minimum absolute atomic E-state index is 0.0538. The molecule has 0 saturated heterocycles. The Morgan fingerprint density at radius 1 is 1.50 bits per heavy atom. The molecule has 2 rings (SSSR count). The molecule has 1 unspecified atom stereocenters. The summed E-state index contributed by atoms with van der Waals surface area (Å²) < 4.78 is 6.56. The average Bonchev–Trinajstić information content (AvgIpc) is 2.84. The molecular formula is C11H11BrClNOS. The Kier molecular flexibility index (Phi) is 4.08. The first-order valence-electron chi connectivity index (χ1n) is 4.92. The van der Waals surface area contributed by atoms with Gasteiger partial charge in [-0.2, -0.15) is 11.3 Å². The molecule has 2 aromatic heterocycles. The molecule has 0 saturated carbocycles. The minimum atomic E-state index is 0.0538. The van der Waals surface area contributed by atoms with Gasteiger partial charge in [0, 0.05) is 15.4 Å². The highest BCUT2D eigenvalue weighted by molar-refractivity contribution is 9.10. The molecule has 86 valence electrons. The molecule has 0 aliphatic heterocycles. The molecule has 0 aliphatic rings. The quantitative estimate of drug-likeness (QED) is 0.900. The van der Waals surface area contributed by atoms with Crippen LogP contribution in [0.25, 0.3) is 0 Å². The van der Waals surface area contributed by atoms with E-state index in [0.717, 1.165) is 16.8 Å². The molecule has 16 heavy (non-hydrogen) atoms. The van der Waals surface area contributed by atoms with Crippen LogP contribution in [0, 0.1) is 0 Å². The van der Waals surface area contributed by atoms with Gasteiger partial charge in [0.1, 0.15) is 5.76 Å². The fraction of sp³-hybridized carbons (Fsp3) is 0.273. The molecule has 1 atom stereocenters. The smallest absolute Gasteiger partial charge is 0.193 e. The zero-order valence-electron chi connectivity index (χ0n) is 8.67. The molecule has 5 heteroatoms. The maximum atomic E-state index is 5.80. The predicted molar refractivity (Wildman–Crippen MR) is 71.3 cm³/mol. The number of halogens is 2. The lowest BCUT2D eigenvalue weighted by Crippen LogP contribution is -2.21. The van der Waals surface area contributed by atoms with Crippen LogP contribution in [0.15, 0.2) is 31.8 Å². The van der Waals surface area contributed by atoms with Gasteiger partial charge in [-0.15, -0.1) is 0 Å². The van der Waals surface area contributed by atoms with Gasteiger partial charge in [0.15, 0.2) is 5.22 Å². The molecule has 0 aromatic carbocycles. The Morgan fingerprint density at radius 3 is 2.81 bits per heavy atom. The topological polar surface area (TPSA) is 25.2 Å². The summed E-state index contributed by atoms with van der Waals surface area (Å²) in [6, 6.07) is 3.72. The van der Waals surface area contributed by atoms with Crippen molar-refractivity contribution in [3.05, 3.63) is 43.9 Å². The molecule has 0 bridgehead atoms. The van der Waals surface area contributed by atoms with Crippen LogP contribution < -0.4 is 5.32 Å². The molecule has 0 fully saturated rings. The summed E-state index contributed by atoms with van der Waals surface area (Å²) in [5.41, 5.74) is 1.18. The third kappa shape index (κ3) is 2.51. The van der Waals surface area contributed by atoms with Crippen molar-refractivity contribution in [3.8, 4) is 0 Å². The highest BCUT2D eigenvalue weighted by atomic mass is 79.9. The zero-order chi connectivity index (χ0) is 11.5. The van der Waals surface area contributed by atoms with Crippen molar-refractivity contribution < 1.29 is 4.42 Å². The first-order valence-corrected chi connectivity index (χ1v) is 7.04. The fourth-order valence-electron chi connectivity index (χ4n) is 1.55. The summed E-state index contributed by atoms with van der Waals surface area (Å²) in [6.45, 7) is 2.93. The predicted octanol–water partition coefficient (Wildman–Crippen LogP) is 4.46. The zero-order valence-corrected chi connectivity index (χ0v) is 11.8. The van der Waals surface area contributed by atoms with Gasteiger partial charge in [-0.1, -0.05) is 6.92 Å². The number of furan rings is 1. The Bertz CT molecular complexity index is 468. The summed E-state index contributed by atoms with van der Waals surface area (Å²) in [6.07, 6.45) is 0. The van der Waals surface area contributed by atoms with E-state index >= 15 is 0 Å². The molecule has 2 nitrogen and oxygen atoms in total. The van der Waals surface area contributed by atoms with E-state index in [0.29, 0.717) is 5.22 Å². The molecular weight excluding hydrogens is 310 g/mol. The van der Waals surface area contributed by atoms with Crippen LogP contribution in [0.5, 0.6) is 0 Å². The number of thiophene rings is 1.